The Labute approximate surface area is 233 Å². The molecule has 0 spiro atoms. The van der Waals surface area contributed by atoms with Gasteiger partial charge in [-0.1, -0.05) is 76.6 Å². The molecule has 2 aliphatic heterocycles. The molecule has 4 rings (SSSR count). The van der Waals surface area contributed by atoms with E-state index in [2.05, 4.69) is 13.8 Å². The maximum absolute atomic E-state index is 12.9. The summed E-state index contributed by atoms with van der Waals surface area (Å²) in [5.41, 5.74) is 2.60. The van der Waals surface area contributed by atoms with Crippen molar-refractivity contribution in [2.24, 2.45) is 0 Å². The highest BCUT2D eigenvalue weighted by Crippen LogP contribution is 2.40. The number of carbonyl (C=O) groups excluding carboxylic acids is 2. The van der Waals surface area contributed by atoms with Gasteiger partial charge in [-0.05, 0) is 68.0 Å². The summed E-state index contributed by atoms with van der Waals surface area (Å²) < 4.78 is 23.7. The molecule has 39 heavy (non-hydrogen) atoms. The molecule has 0 bridgehead atoms. The number of rotatable bonds is 14. The van der Waals surface area contributed by atoms with Crippen LogP contribution in [0.15, 0.2) is 48.5 Å². The van der Waals surface area contributed by atoms with Crippen LogP contribution >= 0.6 is 0 Å². The molecule has 0 N–H and O–H groups in total. The van der Waals surface area contributed by atoms with E-state index in [1.807, 2.05) is 55.5 Å². The monoisotopic (exact) mass is 536 g/mol. The molecule has 2 heterocycles. The smallest absolute Gasteiger partial charge is 0.338 e. The van der Waals surface area contributed by atoms with E-state index in [0.29, 0.717) is 11.1 Å². The van der Waals surface area contributed by atoms with Crippen molar-refractivity contribution in [1.29, 1.82) is 0 Å². The molecule has 0 amide bonds. The Kier molecular flexibility index (Phi) is 10.6. The van der Waals surface area contributed by atoms with Gasteiger partial charge in [-0.25, -0.2) is 9.59 Å². The Morgan fingerprint density at radius 3 is 1.77 bits per heavy atom. The van der Waals surface area contributed by atoms with Gasteiger partial charge >= 0.3 is 11.9 Å². The zero-order valence-electron chi connectivity index (χ0n) is 23.8. The molecule has 0 aliphatic carbocycles. The summed E-state index contributed by atoms with van der Waals surface area (Å²) in [6.45, 7) is 6.67. The van der Waals surface area contributed by atoms with Crippen LogP contribution in [0.5, 0.6) is 0 Å². The van der Waals surface area contributed by atoms with Crippen molar-refractivity contribution < 1.29 is 28.5 Å². The van der Waals surface area contributed by atoms with E-state index in [1.54, 1.807) is 0 Å². The second-order valence-corrected chi connectivity index (χ2v) is 11.1. The summed E-state index contributed by atoms with van der Waals surface area (Å²) in [7, 11) is 0. The van der Waals surface area contributed by atoms with E-state index < -0.39 is 35.9 Å². The topological polar surface area (TPSA) is 71.1 Å². The standard InChI is InChI=1S/C33H44O6/c1-4-6-8-10-12-24-14-18-26(19-15-24)31(34)38-28-22-37-33(3)29(23-36-30(28)33)39-32(35)27-20-16-25(17-21-27)13-11-9-7-5-2/h14-21,28-30H,4-13,22-23H2,1-3H3. The molecule has 6 heteroatoms. The first kappa shape index (κ1) is 29.3. The van der Waals surface area contributed by atoms with Crippen molar-refractivity contribution in [3.63, 3.8) is 0 Å². The van der Waals surface area contributed by atoms with Crippen molar-refractivity contribution >= 4 is 11.9 Å². The second-order valence-electron chi connectivity index (χ2n) is 11.1. The van der Waals surface area contributed by atoms with E-state index in [-0.39, 0.29) is 13.2 Å². The van der Waals surface area contributed by atoms with Crippen LogP contribution < -0.4 is 0 Å². The predicted octanol–water partition coefficient (Wildman–Crippen LogP) is 6.87. The lowest BCUT2D eigenvalue weighted by Gasteiger charge is -2.28. The number of benzene rings is 2. The molecular weight excluding hydrogens is 492 g/mol. The number of aryl methyl sites for hydroxylation is 2. The molecule has 6 nitrogen and oxygen atoms in total. The van der Waals surface area contributed by atoms with E-state index in [1.165, 1.54) is 49.7 Å². The number of fused-ring (bicyclic) bond motifs is 1. The summed E-state index contributed by atoms with van der Waals surface area (Å²) in [6, 6.07) is 15.3. The number of esters is 2. The molecule has 2 fully saturated rings. The molecule has 0 aromatic heterocycles. The zero-order chi connectivity index (χ0) is 27.7. The van der Waals surface area contributed by atoms with E-state index in [4.69, 9.17) is 18.9 Å². The lowest BCUT2D eigenvalue weighted by Crippen LogP contribution is -2.46. The van der Waals surface area contributed by atoms with Crippen LogP contribution in [0.2, 0.25) is 0 Å². The largest absolute Gasteiger partial charge is 0.453 e. The van der Waals surface area contributed by atoms with Crippen LogP contribution in [-0.4, -0.2) is 49.1 Å². The van der Waals surface area contributed by atoms with Gasteiger partial charge in [0.2, 0.25) is 0 Å². The predicted molar refractivity (Wildman–Crippen MR) is 151 cm³/mol. The number of hydrogen-bond donors (Lipinski definition) is 0. The minimum Gasteiger partial charge on any atom is -0.453 e. The number of carbonyl (C=O) groups is 2. The molecule has 2 aliphatic rings. The zero-order valence-corrected chi connectivity index (χ0v) is 23.8. The first-order chi connectivity index (χ1) is 18.9. The van der Waals surface area contributed by atoms with Gasteiger partial charge in [0.05, 0.1) is 24.3 Å². The van der Waals surface area contributed by atoms with E-state index in [9.17, 15) is 9.59 Å². The highest BCUT2D eigenvalue weighted by atomic mass is 16.7. The minimum absolute atomic E-state index is 0.198. The Morgan fingerprint density at radius 2 is 1.26 bits per heavy atom. The third kappa shape index (κ3) is 7.49. The third-order valence-electron chi connectivity index (χ3n) is 8.05. The number of ether oxygens (including phenoxy) is 4. The normalized spacial score (nSPS) is 23.9. The third-order valence-corrected chi connectivity index (χ3v) is 8.05. The summed E-state index contributed by atoms with van der Waals surface area (Å²) in [6.07, 6.45) is 10.1. The first-order valence-electron chi connectivity index (χ1n) is 14.8. The van der Waals surface area contributed by atoms with Gasteiger partial charge in [0.15, 0.2) is 12.2 Å². The lowest BCUT2D eigenvalue weighted by molar-refractivity contribution is -0.0724. The fraction of sp³-hybridized carbons (Fsp3) is 0.576. The molecule has 0 radical (unpaired) electrons. The van der Waals surface area contributed by atoms with Crippen LogP contribution in [-0.2, 0) is 31.8 Å². The van der Waals surface area contributed by atoms with Gasteiger partial charge in [0, 0.05) is 0 Å². The number of hydrogen-bond acceptors (Lipinski definition) is 6. The molecule has 2 aromatic carbocycles. The minimum atomic E-state index is -0.873. The number of unbranched alkanes of at least 4 members (excludes halogenated alkanes) is 6. The highest BCUT2D eigenvalue weighted by molar-refractivity contribution is 5.90. The highest BCUT2D eigenvalue weighted by Gasteiger charge is 2.60. The molecule has 4 unspecified atom stereocenters. The Balaban J connectivity index is 1.27. The quantitative estimate of drug-likeness (QED) is 0.194. The van der Waals surface area contributed by atoms with Crippen molar-refractivity contribution in [3.05, 3.63) is 70.8 Å². The van der Waals surface area contributed by atoms with Gasteiger partial charge in [-0.2, -0.15) is 0 Å². The Hall–Kier alpha value is -2.70. The molecule has 2 saturated heterocycles. The summed E-state index contributed by atoms with van der Waals surface area (Å²) >= 11 is 0. The van der Waals surface area contributed by atoms with Gasteiger partial charge in [0.1, 0.15) is 11.7 Å². The van der Waals surface area contributed by atoms with Gasteiger partial charge < -0.3 is 18.9 Å². The first-order valence-corrected chi connectivity index (χ1v) is 14.8. The fourth-order valence-corrected chi connectivity index (χ4v) is 5.48. The van der Waals surface area contributed by atoms with Crippen molar-refractivity contribution in [2.75, 3.05) is 13.2 Å². The average molecular weight is 537 g/mol. The summed E-state index contributed by atoms with van der Waals surface area (Å²) in [5, 5.41) is 0. The van der Waals surface area contributed by atoms with Gasteiger partial charge in [-0.3, -0.25) is 0 Å². The van der Waals surface area contributed by atoms with Crippen molar-refractivity contribution in [1.82, 2.24) is 0 Å². The Morgan fingerprint density at radius 1 is 0.744 bits per heavy atom. The molecule has 2 aromatic rings. The van der Waals surface area contributed by atoms with Crippen LogP contribution in [0.3, 0.4) is 0 Å². The summed E-state index contributed by atoms with van der Waals surface area (Å²) in [4.78, 5) is 25.7. The van der Waals surface area contributed by atoms with E-state index >= 15 is 0 Å². The molecule has 4 atom stereocenters. The summed E-state index contributed by atoms with van der Waals surface area (Å²) in [5.74, 6) is -0.800. The van der Waals surface area contributed by atoms with Crippen LogP contribution in [0, 0.1) is 0 Å². The van der Waals surface area contributed by atoms with E-state index in [0.717, 1.165) is 25.7 Å². The van der Waals surface area contributed by atoms with Crippen LogP contribution in [0.25, 0.3) is 0 Å². The molecular formula is C33H44O6. The second kappa shape index (κ2) is 14.1. The average Bonchev–Trinajstić information content (AvgIpc) is 3.44. The fourth-order valence-electron chi connectivity index (χ4n) is 5.48. The Bertz CT molecular complexity index is 1060. The van der Waals surface area contributed by atoms with Crippen LogP contribution in [0.1, 0.15) is 104 Å². The molecule has 212 valence electrons. The lowest BCUT2D eigenvalue weighted by atomic mass is 9.94. The van der Waals surface area contributed by atoms with Crippen LogP contribution in [0.4, 0.5) is 0 Å². The van der Waals surface area contributed by atoms with Gasteiger partial charge in [0.25, 0.3) is 0 Å². The van der Waals surface area contributed by atoms with Crippen molar-refractivity contribution in [3.8, 4) is 0 Å². The van der Waals surface area contributed by atoms with Gasteiger partial charge in [-0.15, -0.1) is 0 Å². The maximum atomic E-state index is 12.9. The SMILES string of the molecule is CCCCCCc1ccc(C(=O)OC2COC3(C)C(OC(=O)c4ccc(CCCCCC)cc4)COC23)cc1. The van der Waals surface area contributed by atoms with Crippen molar-refractivity contribution in [2.45, 2.75) is 109 Å². The maximum Gasteiger partial charge on any atom is 0.338 e. The molecule has 0 saturated carbocycles.